The number of nitrogens with one attached hydrogen (secondary N) is 1. The zero-order valence-corrected chi connectivity index (χ0v) is 9.98. The molecule has 1 heterocycles. The van der Waals surface area contributed by atoms with Gasteiger partial charge < -0.3 is 5.73 Å². The summed E-state index contributed by atoms with van der Waals surface area (Å²) in [5, 5.41) is 3.94. The Bertz CT molecular complexity index is 616. The van der Waals surface area contributed by atoms with Crippen LogP contribution in [0, 0.1) is 0 Å². The molecule has 0 amide bonds. The molecule has 0 radical (unpaired) electrons. The van der Waals surface area contributed by atoms with Crippen LogP contribution in [0.25, 0.3) is 0 Å². The predicted octanol–water partition coefficient (Wildman–Crippen LogP) is 0.803. The van der Waals surface area contributed by atoms with E-state index in [1.165, 1.54) is 28.9 Å². The monoisotopic (exact) mass is 252 g/mol. The molecule has 0 fully saturated rings. The number of sulfonamides is 1. The van der Waals surface area contributed by atoms with E-state index in [-0.39, 0.29) is 10.7 Å². The summed E-state index contributed by atoms with van der Waals surface area (Å²) in [6.45, 7) is 0. The van der Waals surface area contributed by atoms with Crippen molar-refractivity contribution in [1.82, 2.24) is 9.78 Å². The van der Waals surface area contributed by atoms with E-state index in [0.717, 1.165) is 0 Å². The Kier molecular flexibility index (Phi) is 2.76. The van der Waals surface area contributed by atoms with Crippen LogP contribution < -0.4 is 10.5 Å². The lowest BCUT2D eigenvalue weighted by Gasteiger charge is -2.05. The van der Waals surface area contributed by atoms with Gasteiger partial charge in [0.1, 0.15) is 0 Å². The first-order chi connectivity index (χ1) is 7.97. The molecule has 2 aromatic rings. The smallest absolute Gasteiger partial charge is 0.263 e. The first-order valence-corrected chi connectivity index (χ1v) is 6.34. The number of nitrogens with two attached hydrogens (primary N) is 1. The van der Waals surface area contributed by atoms with Gasteiger partial charge in [-0.3, -0.25) is 9.40 Å². The van der Waals surface area contributed by atoms with Gasteiger partial charge >= 0.3 is 0 Å². The maximum Gasteiger partial charge on any atom is 0.263 e. The van der Waals surface area contributed by atoms with E-state index in [2.05, 4.69) is 9.82 Å². The van der Waals surface area contributed by atoms with Crippen molar-refractivity contribution in [1.29, 1.82) is 0 Å². The Hall–Kier alpha value is -2.02. The van der Waals surface area contributed by atoms with Crippen molar-refractivity contribution in [3.63, 3.8) is 0 Å². The average molecular weight is 252 g/mol. The second-order valence-corrected chi connectivity index (χ2v) is 5.23. The Morgan fingerprint density at radius 2 is 1.88 bits per heavy atom. The number of hydrogen-bond acceptors (Lipinski definition) is 4. The molecule has 0 saturated heterocycles. The molecule has 0 atom stereocenters. The summed E-state index contributed by atoms with van der Waals surface area (Å²) in [4.78, 5) is 0.150. The highest BCUT2D eigenvalue weighted by atomic mass is 32.2. The van der Waals surface area contributed by atoms with Gasteiger partial charge in [0, 0.05) is 25.0 Å². The van der Waals surface area contributed by atoms with E-state index in [1.807, 2.05) is 0 Å². The van der Waals surface area contributed by atoms with Gasteiger partial charge in [-0.05, 0) is 24.3 Å². The highest BCUT2D eigenvalue weighted by Crippen LogP contribution is 2.15. The summed E-state index contributed by atoms with van der Waals surface area (Å²) in [7, 11) is -1.89. The molecule has 3 N–H and O–H groups in total. The van der Waals surface area contributed by atoms with Crippen LogP contribution in [0.3, 0.4) is 0 Å². The molecular formula is C10H12N4O2S. The quantitative estimate of drug-likeness (QED) is 0.791. The first-order valence-electron chi connectivity index (χ1n) is 4.85. The van der Waals surface area contributed by atoms with Crippen molar-refractivity contribution in [2.75, 3.05) is 10.5 Å². The summed E-state index contributed by atoms with van der Waals surface area (Å²) in [5.74, 6) is 0.282. The van der Waals surface area contributed by atoms with Gasteiger partial charge in [-0.15, -0.1) is 0 Å². The molecule has 2 rings (SSSR count). The van der Waals surface area contributed by atoms with E-state index >= 15 is 0 Å². The lowest BCUT2D eigenvalue weighted by molar-refractivity contribution is 0.601. The Morgan fingerprint density at radius 1 is 1.24 bits per heavy atom. The number of hydrogen-bond donors (Lipinski definition) is 2. The molecule has 1 aromatic heterocycles. The molecule has 0 aliphatic rings. The molecule has 0 aliphatic carbocycles. The average Bonchev–Trinajstić information content (AvgIpc) is 2.63. The number of rotatable bonds is 3. The van der Waals surface area contributed by atoms with Crippen LogP contribution >= 0.6 is 0 Å². The molecule has 90 valence electrons. The number of aromatic nitrogens is 2. The van der Waals surface area contributed by atoms with Gasteiger partial charge in [0.25, 0.3) is 10.0 Å². The van der Waals surface area contributed by atoms with Crippen LogP contribution in [-0.2, 0) is 17.1 Å². The third kappa shape index (κ3) is 2.56. The molecule has 17 heavy (non-hydrogen) atoms. The van der Waals surface area contributed by atoms with Gasteiger partial charge in [0.15, 0.2) is 5.82 Å². The van der Waals surface area contributed by atoms with Crippen LogP contribution in [0.4, 0.5) is 11.5 Å². The standard InChI is InChI=1S/C10H12N4O2S/c1-14-7-6-10(12-14)13-17(15,16)9-4-2-8(11)3-5-9/h2-7H,11H2,1H3,(H,12,13). The van der Waals surface area contributed by atoms with Crippen molar-refractivity contribution in [2.24, 2.45) is 7.05 Å². The number of aryl methyl sites for hydroxylation is 1. The summed E-state index contributed by atoms with van der Waals surface area (Å²) >= 11 is 0. The largest absolute Gasteiger partial charge is 0.399 e. The molecule has 0 aliphatic heterocycles. The van der Waals surface area contributed by atoms with E-state index in [0.29, 0.717) is 5.69 Å². The van der Waals surface area contributed by atoms with Gasteiger partial charge in [0.05, 0.1) is 4.90 Å². The topological polar surface area (TPSA) is 90.0 Å². The van der Waals surface area contributed by atoms with Crippen molar-refractivity contribution >= 4 is 21.5 Å². The summed E-state index contributed by atoms with van der Waals surface area (Å²) in [6.07, 6.45) is 1.65. The van der Waals surface area contributed by atoms with Gasteiger partial charge in [-0.2, -0.15) is 5.10 Å². The van der Waals surface area contributed by atoms with Crippen LogP contribution in [0.15, 0.2) is 41.4 Å². The Labute approximate surface area is 99.1 Å². The molecule has 0 bridgehead atoms. The highest BCUT2D eigenvalue weighted by molar-refractivity contribution is 7.92. The van der Waals surface area contributed by atoms with Gasteiger partial charge in [0.2, 0.25) is 0 Å². The molecule has 7 heteroatoms. The minimum absolute atomic E-state index is 0.150. The summed E-state index contributed by atoms with van der Waals surface area (Å²) in [5.41, 5.74) is 6.01. The number of benzene rings is 1. The first kappa shape index (κ1) is 11.5. The van der Waals surface area contributed by atoms with Crippen LogP contribution in [0.5, 0.6) is 0 Å². The Balaban J connectivity index is 2.28. The molecule has 6 nitrogen and oxygen atoms in total. The van der Waals surface area contributed by atoms with Gasteiger partial charge in [-0.1, -0.05) is 0 Å². The maximum atomic E-state index is 11.9. The third-order valence-corrected chi connectivity index (χ3v) is 3.51. The van der Waals surface area contributed by atoms with Gasteiger partial charge in [-0.25, -0.2) is 8.42 Å². The Morgan fingerprint density at radius 3 is 2.41 bits per heavy atom. The van der Waals surface area contributed by atoms with E-state index < -0.39 is 10.0 Å². The van der Waals surface area contributed by atoms with Crippen LogP contribution in [0.1, 0.15) is 0 Å². The fourth-order valence-electron chi connectivity index (χ4n) is 1.31. The van der Waals surface area contributed by atoms with E-state index in [9.17, 15) is 8.42 Å². The van der Waals surface area contributed by atoms with Crippen molar-refractivity contribution in [3.05, 3.63) is 36.5 Å². The second kappa shape index (κ2) is 4.10. The molecular weight excluding hydrogens is 240 g/mol. The van der Waals surface area contributed by atoms with Crippen molar-refractivity contribution in [3.8, 4) is 0 Å². The van der Waals surface area contributed by atoms with Crippen LogP contribution in [0.2, 0.25) is 0 Å². The lowest BCUT2D eigenvalue weighted by Crippen LogP contribution is -2.13. The molecule has 0 unspecified atom stereocenters. The van der Waals surface area contributed by atoms with Crippen molar-refractivity contribution < 1.29 is 8.42 Å². The highest BCUT2D eigenvalue weighted by Gasteiger charge is 2.14. The molecule has 1 aromatic carbocycles. The van der Waals surface area contributed by atoms with Crippen LogP contribution in [-0.4, -0.2) is 18.2 Å². The van der Waals surface area contributed by atoms with Crippen molar-refractivity contribution in [2.45, 2.75) is 4.90 Å². The maximum absolute atomic E-state index is 11.9. The fourth-order valence-corrected chi connectivity index (χ4v) is 2.31. The van der Waals surface area contributed by atoms with E-state index in [1.54, 1.807) is 19.3 Å². The zero-order chi connectivity index (χ0) is 12.5. The second-order valence-electron chi connectivity index (χ2n) is 3.55. The fraction of sp³-hybridized carbons (Fsp3) is 0.100. The predicted molar refractivity (Wildman–Crippen MR) is 64.9 cm³/mol. The number of anilines is 2. The summed E-state index contributed by atoms with van der Waals surface area (Å²) in [6, 6.07) is 7.54. The third-order valence-electron chi connectivity index (χ3n) is 2.14. The molecule has 0 saturated carbocycles. The molecule has 0 spiro atoms. The SMILES string of the molecule is Cn1ccc(NS(=O)(=O)c2ccc(N)cc2)n1. The summed E-state index contributed by atoms with van der Waals surface area (Å²) < 4.78 is 27.7. The normalized spacial score (nSPS) is 11.4. The number of nitrogen functional groups attached to an aromatic ring is 1. The minimum Gasteiger partial charge on any atom is -0.399 e. The minimum atomic E-state index is -3.60. The lowest BCUT2D eigenvalue weighted by atomic mass is 10.3. The number of nitrogens with zero attached hydrogens (tertiary/aromatic N) is 2. The zero-order valence-electron chi connectivity index (χ0n) is 9.16. The van der Waals surface area contributed by atoms with E-state index in [4.69, 9.17) is 5.73 Å².